The fourth-order valence-corrected chi connectivity index (χ4v) is 9.69. The molecule has 2 N–H and O–H groups in total. The molecule has 11 atom stereocenters. The standard InChI is InChI=1S/C43H57N3O9/c1-26-22-27(2)43-24-31(39(55-43)38(28(3)29(4)47)54-41(49)35-12-9-15-44-35)13-14-33(43)23-36(51-6)42(50)53-37(26)30(5)52-40(48)34-11-8-7-10-32(34)25-46-19-16-45(17-20-46)18-21-46/h7-15,22,26,28-31,33,36-39,47H,16-21,23-25H2,1-6H3/p+1/b27-22+/t26-,28-,29+,30-,31-,33?,36+,37+,38-,39-,43+/m1/s1. The Morgan fingerprint density at radius 2 is 1.75 bits per heavy atom. The number of ether oxygens (including phenoxy) is 5. The van der Waals surface area contributed by atoms with Gasteiger partial charge in [-0.1, -0.05) is 50.3 Å². The van der Waals surface area contributed by atoms with Gasteiger partial charge in [-0.3, -0.25) is 4.90 Å². The van der Waals surface area contributed by atoms with Gasteiger partial charge in [-0.2, -0.15) is 0 Å². The molecule has 1 unspecified atom stereocenters. The number of carbonyl (C=O) groups is 3. The van der Waals surface area contributed by atoms with Crippen LogP contribution in [0, 0.1) is 23.7 Å². The number of rotatable bonds is 11. The number of nitrogens with one attached hydrogen (secondary N) is 1. The van der Waals surface area contributed by atoms with Crippen molar-refractivity contribution in [1.82, 2.24) is 9.88 Å². The van der Waals surface area contributed by atoms with E-state index in [4.69, 9.17) is 23.7 Å². The molecule has 0 saturated carbocycles. The highest BCUT2D eigenvalue weighted by Crippen LogP contribution is 2.53. The number of hydrogen-bond donors (Lipinski definition) is 2. The lowest BCUT2D eigenvalue weighted by atomic mass is 9.69. The van der Waals surface area contributed by atoms with E-state index in [0.717, 1.165) is 61.4 Å². The molecule has 298 valence electrons. The molecule has 1 aromatic carbocycles. The quantitative estimate of drug-likeness (QED) is 0.144. The van der Waals surface area contributed by atoms with Crippen LogP contribution in [-0.4, -0.2) is 126 Å². The molecule has 55 heavy (non-hydrogen) atoms. The summed E-state index contributed by atoms with van der Waals surface area (Å²) in [6.45, 7) is 16.6. The van der Waals surface area contributed by atoms with Crippen LogP contribution >= 0.6 is 0 Å². The van der Waals surface area contributed by atoms with Crippen molar-refractivity contribution in [2.24, 2.45) is 23.7 Å². The summed E-state index contributed by atoms with van der Waals surface area (Å²) in [4.78, 5) is 46.5. The van der Waals surface area contributed by atoms with Crippen molar-refractivity contribution in [2.75, 3.05) is 46.4 Å². The Balaban J connectivity index is 1.14. The van der Waals surface area contributed by atoms with Crippen LogP contribution in [0.3, 0.4) is 0 Å². The van der Waals surface area contributed by atoms with Gasteiger partial charge in [0.05, 0.1) is 36.9 Å². The average molecular weight is 761 g/mol. The molecule has 6 heterocycles. The summed E-state index contributed by atoms with van der Waals surface area (Å²) in [6.07, 6.45) is 4.19. The smallest absolute Gasteiger partial charge is 0.355 e. The number of piperazine rings is 3. The molecule has 2 aromatic rings. The summed E-state index contributed by atoms with van der Waals surface area (Å²) in [6, 6.07) is 11.1. The topological polar surface area (TPSA) is 137 Å². The molecule has 6 aliphatic rings. The number of hydrogen-bond acceptors (Lipinski definition) is 10. The summed E-state index contributed by atoms with van der Waals surface area (Å²) in [5, 5.41) is 10.7. The van der Waals surface area contributed by atoms with E-state index in [1.54, 1.807) is 32.2 Å². The Hall–Kier alpha value is -3.81. The molecule has 4 bridgehead atoms. The van der Waals surface area contributed by atoms with E-state index < -0.39 is 66.1 Å². The van der Waals surface area contributed by atoms with E-state index in [1.165, 1.54) is 7.11 Å². The number of quaternary nitrogens is 1. The highest BCUT2D eigenvalue weighted by atomic mass is 16.6. The van der Waals surface area contributed by atoms with Crippen LogP contribution < -0.4 is 0 Å². The second kappa shape index (κ2) is 16.0. The molecular weight excluding hydrogens is 702 g/mol. The number of aliphatic hydroxyl groups excluding tert-OH is 1. The fraction of sp³-hybridized carbons (Fsp3) is 0.605. The Morgan fingerprint density at radius 1 is 1.02 bits per heavy atom. The SMILES string of the molecule is CO[C@H]1CC2C=C[C@@H]3C[C@]2(O[C@H]3[C@H](OC(=O)c2ccc[nH]2)[C@H](C)[C@H](C)O)/C(C)=C/[C@@H](C)[C@@H]([C@@H](C)OC(=O)c2ccccc2C[N+]23CCN(CC2)CC3)OC1=O. The Kier molecular flexibility index (Phi) is 11.5. The lowest BCUT2D eigenvalue weighted by Gasteiger charge is -2.50. The first-order chi connectivity index (χ1) is 26.3. The minimum Gasteiger partial charge on any atom is -0.456 e. The number of fused-ring (bicyclic) bond motifs is 4. The zero-order valence-electron chi connectivity index (χ0n) is 33.0. The van der Waals surface area contributed by atoms with Gasteiger partial charge in [-0.15, -0.1) is 0 Å². The number of esters is 3. The Labute approximate surface area is 324 Å². The van der Waals surface area contributed by atoms with Gasteiger partial charge in [0.15, 0.2) is 6.10 Å². The van der Waals surface area contributed by atoms with Crippen molar-refractivity contribution in [1.29, 1.82) is 0 Å². The molecule has 0 radical (unpaired) electrons. The van der Waals surface area contributed by atoms with Crippen LogP contribution in [0.15, 0.2) is 66.4 Å². The number of methoxy groups -OCH3 is 1. The van der Waals surface area contributed by atoms with Crippen molar-refractivity contribution < 1.29 is 47.7 Å². The highest BCUT2D eigenvalue weighted by molar-refractivity contribution is 5.91. The minimum atomic E-state index is -0.910. The number of benzene rings is 1. The lowest BCUT2D eigenvalue weighted by Crippen LogP contribution is -2.66. The van der Waals surface area contributed by atoms with Gasteiger partial charge in [0, 0.05) is 62.2 Å². The number of carbonyl (C=O) groups excluding carboxylic acids is 3. The molecule has 4 saturated heterocycles. The number of aromatic nitrogens is 1. The van der Waals surface area contributed by atoms with Crippen LogP contribution in [0.25, 0.3) is 0 Å². The average Bonchev–Trinajstić information content (AvgIpc) is 3.83. The van der Waals surface area contributed by atoms with Gasteiger partial charge in [0.25, 0.3) is 0 Å². The van der Waals surface area contributed by atoms with Crippen molar-refractivity contribution in [3.8, 4) is 0 Å². The number of aliphatic hydroxyl groups is 1. The van der Waals surface area contributed by atoms with E-state index >= 15 is 0 Å². The first-order valence-corrected chi connectivity index (χ1v) is 20.0. The molecule has 12 heteroatoms. The van der Waals surface area contributed by atoms with Crippen LogP contribution in [0.2, 0.25) is 0 Å². The maximum Gasteiger partial charge on any atom is 0.355 e. The van der Waals surface area contributed by atoms with E-state index in [0.29, 0.717) is 17.7 Å². The largest absolute Gasteiger partial charge is 0.456 e. The first-order valence-electron chi connectivity index (χ1n) is 20.0. The van der Waals surface area contributed by atoms with E-state index in [-0.39, 0.29) is 24.2 Å². The molecule has 4 fully saturated rings. The predicted octanol–water partition coefficient (Wildman–Crippen LogP) is 4.69. The third-order valence-corrected chi connectivity index (χ3v) is 13.3. The lowest BCUT2D eigenvalue weighted by molar-refractivity contribution is -0.953. The minimum absolute atomic E-state index is 0.122. The molecule has 5 aliphatic heterocycles. The molecule has 8 rings (SSSR count). The van der Waals surface area contributed by atoms with Gasteiger partial charge in [-0.05, 0) is 57.4 Å². The normalized spacial score (nSPS) is 36.0. The summed E-state index contributed by atoms with van der Waals surface area (Å²) in [5.41, 5.74) is 1.93. The molecule has 12 nitrogen and oxygen atoms in total. The van der Waals surface area contributed by atoms with Gasteiger partial charge in [0.1, 0.15) is 36.7 Å². The van der Waals surface area contributed by atoms with Gasteiger partial charge >= 0.3 is 17.9 Å². The summed E-state index contributed by atoms with van der Waals surface area (Å²) >= 11 is 0. The fourth-order valence-electron chi connectivity index (χ4n) is 9.69. The second-order valence-electron chi connectivity index (χ2n) is 16.7. The van der Waals surface area contributed by atoms with Gasteiger partial charge in [0.2, 0.25) is 0 Å². The Morgan fingerprint density at radius 3 is 2.42 bits per heavy atom. The number of nitrogens with zero attached hydrogens (tertiary/aromatic N) is 2. The first kappa shape index (κ1) is 39.4. The predicted molar refractivity (Wildman–Crippen MR) is 204 cm³/mol. The molecule has 1 spiro atoms. The van der Waals surface area contributed by atoms with Crippen LogP contribution in [-0.2, 0) is 35.0 Å². The van der Waals surface area contributed by atoms with E-state index in [9.17, 15) is 19.5 Å². The molecule has 1 aliphatic carbocycles. The Bertz CT molecular complexity index is 1750. The number of H-pyrrole nitrogens is 1. The van der Waals surface area contributed by atoms with Crippen LogP contribution in [0.5, 0.6) is 0 Å². The van der Waals surface area contributed by atoms with Crippen molar-refractivity contribution in [2.45, 2.75) is 96.2 Å². The van der Waals surface area contributed by atoms with Crippen molar-refractivity contribution in [3.63, 3.8) is 0 Å². The van der Waals surface area contributed by atoms with E-state index in [2.05, 4.69) is 28.1 Å². The summed E-state index contributed by atoms with van der Waals surface area (Å²) in [7, 11) is 1.49. The zero-order valence-corrected chi connectivity index (χ0v) is 33.0. The van der Waals surface area contributed by atoms with Crippen LogP contribution in [0.4, 0.5) is 0 Å². The highest BCUT2D eigenvalue weighted by Gasteiger charge is 2.57. The maximum absolute atomic E-state index is 14.0. The van der Waals surface area contributed by atoms with Crippen molar-refractivity contribution >= 4 is 17.9 Å². The third-order valence-electron chi connectivity index (χ3n) is 13.3. The third kappa shape index (κ3) is 7.81. The molecule has 0 amide bonds. The number of aromatic amines is 1. The zero-order chi connectivity index (χ0) is 39.1. The molecular formula is C43H58N3O9+. The van der Waals surface area contributed by atoms with Crippen molar-refractivity contribution in [3.05, 3.63) is 83.2 Å². The van der Waals surface area contributed by atoms with Crippen LogP contribution in [0.1, 0.15) is 73.9 Å². The number of cyclic esters (lactones) is 1. The molecule has 1 aromatic heterocycles. The van der Waals surface area contributed by atoms with Gasteiger partial charge in [-0.25, -0.2) is 14.4 Å². The summed E-state index contributed by atoms with van der Waals surface area (Å²) < 4.78 is 32.4. The maximum atomic E-state index is 14.0. The second-order valence-corrected chi connectivity index (χ2v) is 16.7. The monoisotopic (exact) mass is 760 g/mol. The summed E-state index contributed by atoms with van der Waals surface area (Å²) in [5.74, 6) is -2.68. The van der Waals surface area contributed by atoms with Gasteiger partial charge < -0.3 is 38.3 Å². The van der Waals surface area contributed by atoms with E-state index in [1.807, 2.05) is 45.0 Å².